The molecule has 6 nitrogen and oxygen atoms in total. The fourth-order valence-corrected chi connectivity index (χ4v) is 1.10. The molecule has 0 aliphatic carbocycles. The zero-order valence-corrected chi connectivity index (χ0v) is 8.12. The second kappa shape index (κ2) is 4.28. The number of nitrogens with two attached hydrogens (primary N) is 1. The topological polar surface area (TPSA) is 98.3 Å². The largest absolute Gasteiger partial charge is 0.416 e. The second-order valence-corrected chi connectivity index (χ2v) is 2.98. The number of halogens is 3. The van der Waals surface area contributed by atoms with Crippen molar-refractivity contribution in [2.75, 3.05) is 5.32 Å². The Morgan fingerprint density at radius 3 is 2.41 bits per heavy atom. The Balaban J connectivity index is 3.27. The summed E-state index contributed by atoms with van der Waals surface area (Å²) in [6.45, 7) is 0. The predicted octanol–water partition coefficient (Wildman–Crippen LogP) is 2.10. The molecule has 0 saturated heterocycles. The number of nitrogens with zero attached hydrogens (tertiary/aromatic N) is 1. The second-order valence-electron chi connectivity index (χ2n) is 2.98. The van der Waals surface area contributed by atoms with E-state index in [9.17, 15) is 28.1 Å². The number of primary amides is 1. The van der Waals surface area contributed by atoms with E-state index in [0.29, 0.717) is 12.1 Å². The van der Waals surface area contributed by atoms with Gasteiger partial charge in [0.2, 0.25) is 0 Å². The van der Waals surface area contributed by atoms with Gasteiger partial charge in [0.25, 0.3) is 5.69 Å². The summed E-state index contributed by atoms with van der Waals surface area (Å²) in [6, 6.07) is 0.600. The molecule has 0 saturated carbocycles. The lowest BCUT2D eigenvalue weighted by Gasteiger charge is -2.08. The minimum absolute atomic E-state index is 0.325. The molecule has 0 atom stereocenters. The third-order valence-corrected chi connectivity index (χ3v) is 1.78. The molecule has 0 aliphatic rings. The summed E-state index contributed by atoms with van der Waals surface area (Å²) in [4.78, 5) is 20.0. The van der Waals surface area contributed by atoms with Crippen molar-refractivity contribution < 1.29 is 22.9 Å². The van der Waals surface area contributed by atoms with Crippen LogP contribution in [0, 0.1) is 10.1 Å². The van der Waals surface area contributed by atoms with Crippen molar-refractivity contribution in [3.05, 3.63) is 33.9 Å². The number of nitrogens with one attached hydrogen (secondary N) is 1. The number of carbonyl (C=O) groups is 1. The van der Waals surface area contributed by atoms with E-state index < -0.39 is 34.1 Å². The molecule has 1 aromatic carbocycles. The molecule has 0 fully saturated rings. The van der Waals surface area contributed by atoms with Crippen molar-refractivity contribution >= 4 is 17.4 Å². The van der Waals surface area contributed by atoms with Crippen molar-refractivity contribution in [3.8, 4) is 0 Å². The molecular weight excluding hydrogens is 243 g/mol. The number of carbonyl (C=O) groups excluding carboxylic acids is 1. The van der Waals surface area contributed by atoms with Gasteiger partial charge in [-0.05, 0) is 12.1 Å². The molecule has 0 radical (unpaired) electrons. The van der Waals surface area contributed by atoms with Gasteiger partial charge in [-0.3, -0.25) is 10.1 Å². The smallest absolute Gasteiger partial charge is 0.351 e. The van der Waals surface area contributed by atoms with Crippen LogP contribution in [0.25, 0.3) is 0 Å². The number of nitro benzene ring substituents is 1. The fourth-order valence-electron chi connectivity index (χ4n) is 1.10. The number of benzene rings is 1. The molecule has 0 heterocycles. The summed E-state index contributed by atoms with van der Waals surface area (Å²) in [6.07, 6.45) is -4.70. The van der Waals surface area contributed by atoms with E-state index in [1.165, 1.54) is 0 Å². The Morgan fingerprint density at radius 2 is 2.00 bits per heavy atom. The highest BCUT2D eigenvalue weighted by molar-refractivity contribution is 5.90. The monoisotopic (exact) mass is 249 g/mol. The molecular formula is C8H6F3N3O3. The van der Waals surface area contributed by atoms with E-state index in [-0.39, 0.29) is 0 Å². The van der Waals surface area contributed by atoms with Crippen molar-refractivity contribution in [2.45, 2.75) is 6.18 Å². The molecule has 0 unspecified atom stereocenters. The van der Waals surface area contributed by atoms with Gasteiger partial charge in [0.1, 0.15) is 5.69 Å². The normalized spacial score (nSPS) is 11.0. The zero-order chi connectivity index (χ0) is 13.2. The van der Waals surface area contributed by atoms with Crippen molar-refractivity contribution in [3.63, 3.8) is 0 Å². The van der Waals surface area contributed by atoms with Gasteiger partial charge in [-0.15, -0.1) is 0 Å². The van der Waals surface area contributed by atoms with Gasteiger partial charge in [-0.2, -0.15) is 13.2 Å². The Bertz CT molecular complexity index is 473. The maximum absolute atomic E-state index is 12.3. The highest BCUT2D eigenvalue weighted by atomic mass is 19.4. The maximum atomic E-state index is 12.3. The minimum atomic E-state index is -4.70. The molecule has 0 bridgehead atoms. The summed E-state index contributed by atoms with van der Waals surface area (Å²) < 4.78 is 36.9. The van der Waals surface area contributed by atoms with Gasteiger partial charge in [0.05, 0.1) is 10.5 Å². The highest BCUT2D eigenvalue weighted by Gasteiger charge is 2.33. The maximum Gasteiger partial charge on any atom is 0.416 e. The number of amides is 2. The molecule has 92 valence electrons. The van der Waals surface area contributed by atoms with Gasteiger partial charge >= 0.3 is 12.2 Å². The average molecular weight is 249 g/mol. The molecule has 1 rings (SSSR count). The summed E-state index contributed by atoms with van der Waals surface area (Å²) in [5.41, 5.74) is 2.27. The Morgan fingerprint density at radius 1 is 1.41 bits per heavy atom. The van der Waals surface area contributed by atoms with Crippen LogP contribution in [-0.2, 0) is 6.18 Å². The fraction of sp³-hybridized carbons (Fsp3) is 0.125. The average Bonchev–Trinajstić information content (AvgIpc) is 2.15. The minimum Gasteiger partial charge on any atom is -0.351 e. The summed E-state index contributed by atoms with van der Waals surface area (Å²) in [7, 11) is 0. The van der Waals surface area contributed by atoms with Crippen LogP contribution in [0.3, 0.4) is 0 Å². The number of hydrogen-bond acceptors (Lipinski definition) is 3. The quantitative estimate of drug-likeness (QED) is 0.620. The van der Waals surface area contributed by atoms with Gasteiger partial charge in [-0.1, -0.05) is 0 Å². The number of hydrogen-bond donors (Lipinski definition) is 2. The van der Waals surface area contributed by atoms with Crippen LogP contribution in [0.1, 0.15) is 5.56 Å². The van der Waals surface area contributed by atoms with Gasteiger partial charge in [0.15, 0.2) is 0 Å². The molecule has 9 heteroatoms. The number of rotatable bonds is 2. The predicted molar refractivity (Wildman–Crippen MR) is 51.3 cm³/mol. The van der Waals surface area contributed by atoms with E-state index in [4.69, 9.17) is 5.73 Å². The van der Waals surface area contributed by atoms with Crippen molar-refractivity contribution in [2.24, 2.45) is 5.73 Å². The van der Waals surface area contributed by atoms with E-state index in [0.717, 1.165) is 6.07 Å². The number of nitro groups is 1. The van der Waals surface area contributed by atoms with Gasteiger partial charge in [0, 0.05) is 6.07 Å². The Labute approximate surface area is 92.4 Å². The summed E-state index contributed by atoms with van der Waals surface area (Å²) >= 11 is 0. The lowest BCUT2D eigenvalue weighted by atomic mass is 10.1. The van der Waals surface area contributed by atoms with Crippen LogP contribution in [0.5, 0.6) is 0 Å². The van der Waals surface area contributed by atoms with Crippen LogP contribution in [0.2, 0.25) is 0 Å². The number of anilines is 1. The first-order valence-electron chi connectivity index (χ1n) is 4.14. The molecule has 0 spiro atoms. The van der Waals surface area contributed by atoms with E-state index in [1.807, 2.05) is 5.32 Å². The van der Waals surface area contributed by atoms with E-state index in [1.54, 1.807) is 0 Å². The molecule has 1 aromatic rings. The van der Waals surface area contributed by atoms with Crippen LogP contribution in [0.4, 0.5) is 29.3 Å². The molecule has 0 aromatic heterocycles. The first-order valence-corrected chi connectivity index (χ1v) is 4.14. The van der Waals surface area contributed by atoms with E-state index in [2.05, 4.69) is 0 Å². The van der Waals surface area contributed by atoms with Crippen LogP contribution < -0.4 is 11.1 Å². The van der Waals surface area contributed by atoms with Gasteiger partial charge < -0.3 is 11.1 Å². The molecule has 2 amide bonds. The molecule has 17 heavy (non-hydrogen) atoms. The van der Waals surface area contributed by atoms with Crippen LogP contribution in [0.15, 0.2) is 18.2 Å². The highest BCUT2D eigenvalue weighted by Crippen LogP contribution is 2.34. The van der Waals surface area contributed by atoms with Gasteiger partial charge in [-0.25, -0.2) is 4.79 Å². The number of alkyl halides is 3. The molecule has 3 N–H and O–H groups in total. The zero-order valence-electron chi connectivity index (χ0n) is 8.12. The van der Waals surface area contributed by atoms with Crippen molar-refractivity contribution in [1.82, 2.24) is 0 Å². The standard InChI is InChI=1S/C8H6F3N3O3/c9-8(10,11)4-1-2-5(13-7(12)15)6(3-4)14(16)17/h1-3H,(H3,12,13,15). The SMILES string of the molecule is NC(=O)Nc1ccc(C(F)(F)F)cc1[N+](=O)[O-]. The first-order chi connectivity index (χ1) is 7.71. The Kier molecular flexibility index (Phi) is 3.21. The Hall–Kier alpha value is -2.32. The third kappa shape index (κ3) is 3.06. The lowest BCUT2D eigenvalue weighted by Crippen LogP contribution is -2.20. The van der Waals surface area contributed by atoms with Crippen LogP contribution >= 0.6 is 0 Å². The third-order valence-electron chi connectivity index (χ3n) is 1.78. The van der Waals surface area contributed by atoms with Crippen molar-refractivity contribution in [1.29, 1.82) is 0 Å². The summed E-state index contributed by atoms with van der Waals surface area (Å²) in [5.74, 6) is 0. The lowest BCUT2D eigenvalue weighted by molar-refractivity contribution is -0.384. The number of urea groups is 1. The summed E-state index contributed by atoms with van der Waals surface area (Å²) in [5, 5.41) is 12.4. The van der Waals surface area contributed by atoms with E-state index >= 15 is 0 Å². The first kappa shape index (κ1) is 12.7. The van der Waals surface area contributed by atoms with Crippen LogP contribution in [-0.4, -0.2) is 11.0 Å². The molecule has 0 aliphatic heterocycles.